The fraction of sp³-hybridized carbons (Fsp3) is 0.529. The van der Waals surface area contributed by atoms with Crippen LogP contribution in [0.1, 0.15) is 33.1 Å². The topological polar surface area (TPSA) is 102 Å². The van der Waals surface area contributed by atoms with Gasteiger partial charge >= 0.3 is 0 Å². The Kier molecular flexibility index (Phi) is 5.16. The standard InChI is InChI=1S/C17H25N7O/c1-3-24-11-13(10-19-24)14-9-15(22-17(18)21-14)20-12(2)16(25)23-7-5-4-6-8-23/h9-12H,3-8H2,1-2H3,(H3,18,20,21,22)/t12-/m0/s1. The lowest BCUT2D eigenvalue weighted by atomic mass is 10.1. The Morgan fingerprint density at radius 2 is 2.08 bits per heavy atom. The monoisotopic (exact) mass is 343 g/mol. The first-order chi connectivity index (χ1) is 12.1. The van der Waals surface area contributed by atoms with Crippen LogP contribution in [0.4, 0.5) is 11.8 Å². The highest BCUT2D eigenvalue weighted by atomic mass is 16.2. The zero-order chi connectivity index (χ0) is 17.8. The molecule has 3 N–H and O–H groups in total. The van der Waals surface area contributed by atoms with Crippen LogP contribution in [0.15, 0.2) is 18.5 Å². The molecule has 1 aliphatic heterocycles. The van der Waals surface area contributed by atoms with E-state index in [1.54, 1.807) is 12.3 Å². The van der Waals surface area contributed by atoms with Crippen molar-refractivity contribution in [2.24, 2.45) is 0 Å². The van der Waals surface area contributed by atoms with Crippen molar-refractivity contribution in [2.75, 3.05) is 24.1 Å². The molecule has 0 radical (unpaired) electrons. The van der Waals surface area contributed by atoms with Gasteiger partial charge in [0.1, 0.15) is 11.9 Å². The van der Waals surface area contributed by atoms with Gasteiger partial charge in [-0.1, -0.05) is 0 Å². The molecule has 0 saturated carbocycles. The van der Waals surface area contributed by atoms with Gasteiger partial charge < -0.3 is 16.0 Å². The molecule has 3 heterocycles. The number of nitrogens with zero attached hydrogens (tertiary/aromatic N) is 5. The normalized spacial score (nSPS) is 15.8. The maximum absolute atomic E-state index is 12.6. The number of carbonyl (C=O) groups excluding carboxylic acids is 1. The first kappa shape index (κ1) is 17.2. The zero-order valence-corrected chi connectivity index (χ0v) is 14.8. The summed E-state index contributed by atoms with van der Waals surface area (Å²) in [4.78, 5) is 23.0. The molecular weight excluding hydrogens is 318 g/mol. The highest BCUT2D eigenvalue weighted by Crippen LogP contribution is 2.21. The molecule has 1 saturated heterocycles. The van der Waals surface area contributed by atoms with Crippen LogP contribution in [0.5, 0.6) is 0 Å². The van der Waals surface area contributed by atoms with Gasteiger partial charge in [-0.2, -0.15) is 10.1 Å². The average molecular weight is 343 g/mol. The van der Waals surface area contributed by atoms with E-state index in [4.69, 9.17) is 5.73 Å². The molecule has 0 bridgehead atoms. The minimum atomic E-state index is -0.362. The van der Waals surface area contributed by atoms with Gasteiger partial charge in [-0.15, -0.1) is 0 Å². The van der Waals surface area contributed by atoms with Crippen molar-refractivity contribution < 1.29 is 4.79 Å². The number of nitrogens with one attached hydrogen (secondary N) is 1. The predicted octanol–water partition coefficient (Wildman–Crippen LogP) is 1.76. The number of amides is 1. The van der Waals surface area contributed by atoms with Crippen molar-refractivity contribution in [1.29, 1.82) is 0 Å². The van der Waals surface area contributed by atoms with E-state index in [-0.39, 0.29) is 17.9 Å². The van der Waals surface area contributed by atoms with E-state index in [9.17, 15) is 4.79 Å². The smallest absolute Gasteiger partial charge is 0.244 e. The number of piperidine rings is 1. The highest BCUT2D eigenvalue weighted by molar-refractivity contribution is 5.84. The summed E-state index contributed by atoms with van der Waals surface area (Å²) in [6.45, 7) is 6.32. The van der Waals surface area contributed by atoms with Gasteiger partial charge in [0, 0.05) is 37.5 Å². The van der Waals surface area contributed by atoms with Crippen molar-refractivity contribution >= 4 is 17.7 Å². The lowest BCUT2D eigenvalue weighted by Gasteiger charge is -2.29. The summed E-state index contributed by atoms with van der Waals surface area (Å²) >= 11 is 0. The zero-order valence-electron chi connectivity index (χ0n) is 14.8. The molecule has 134 valence electrons. The van der Waals surface area contributed by atoms with Gasteiger partial charge in [-0.3, -0.25) is 9.48 Å². The second-order valence-corrected chi connectivity index (χ2v) is 6.33. The first-order valence-corrected chi connectivity index (χ1v) is 8.79. The van der Waals surface area contributed by atoms with E-state index in [0.29, 0.717) is 11.5 Å². The number of likely N-dealkylation sites (tertiary alicyclic amines) is 1. The maximum Gasteiger partial charge on any atom is 0.244 e. The van der Waals surface area contributed by atoms with E-state index in [0.717, 1.165) is 38.0 Å². The minimum absolute atomic E-state index is 0.0947. The fourth-order valence-corrected chi connectivity index (χ4v) is 3.03. The molecule has 8 nitrogen and oxygen atoms in total. The lowest BCUT2D eigenvalue weighted by Crippen LogP contribution is -2.44. The molecule has 25 heavy (non-hydrogen) atoms. The molecule has 3 rings (SSSR count). The summed E-state index contributed by atoms with van der Waals surface area (Å²) in [6.07, 6.45) is 7.00. The third kappa shape index (κ3) is 4.07. The predicted molar refractivity (Wildman–Crippen MR) is 96.9 cm³/mol. The Morgan fingerprint density at radius 1 is 1.32 bits per heavy atom. The van der Waals surface area contributed by atoms with Crippen LogP contribution >= 0.6 is 0 Å². The van der Waals surface area contributed by atoms with Gasteiger partial charge in [0.25, 0.3) is 0 Å². The summed E-state index contributed by atoms with van der Waals surface area (Å²) in [5.41, 5.74) is 7.40. The molecule has 8 heteroatoms. The molecule has 2 aromatic heterocycles. The van der Waals surface area contributed by atoms with Gasteiger partial charge in [-0.05, 0) is 33.1 Å². The number of hydrogen-bond acceptors (Lipinski definition) is 6. The largest absolute Gasteiger partial charge is 0.368 e. The number of carbonyl (C=O) groups is 1. The van der Waals surface area contributed by atoms with Crippen molar-refractivity contribution in [2.45, 2.75) is 45.7 Å². The minimum Gasteiger partial charge on any atom is -0.368 e. The van der Waals surface area contributed by atoms with E-state index in [1.807, 2.05) is 29.6 Å². The Morgan fingerprint density at radius 3 is 2.76 bits per heavy atom. The number of nitrogen functional groups attached to an aromatic ring is 1. The van der Waals surface area contributed by atoms with Gasteiger partial charge in [0.15, 0.2) is 0 Å². The van der Waals surface area contributed by atoms with Crippen LogP contribution < -0.4 is 11.1 Å². The van der Waals surface area contributed by atoms with E-state index < -0.39 is 0 Å². The summed E-state index contributed by atoms with van der Waals surface area (Å²) in [5, 5.41) is 7.42. The number of rotatable bonds is 5. The second kappa shape index (κ2) is 7.50. The Bertz CT molecular complexity index is 736. The summed E-state index contributed by atoms with van der Waals surface area (Å²) in [7, 11) is 0. The van der Waals surface area contributed by atoms with Crippen molar-refractivity contribution in [3.8, 4) is 11.3 Å². The van der Waals surface area contributed by atoms with Gasteiger partial charge in [0.05, 0.1) is 11.9 Å². The molecule has 0 aromatic carbocycles. The average Bonchev–Trinajstić information content (AvgIpc) is 3.10. The van der Waals surface area contributed by atoms with Crippen molar-refractivity contribution in [3.63, 3.8) is 0 Å². The summed E-state index contributed by atoms with van der Waals surface area (Å²) in [6, 6.07) is 1.44. The molecule has 1 fully saturated rings. The van der Waals surface area contributed by atoms with Crippen LogP contribution in [-0.2, 0) is 11.3 Å². The molecule has 0 unspecified atom stereocenters. The van der Waals surface area contributed by atoms with Gasteiger partial charge in [0.2, 0.25) is 11.9 Å². The third-order valence-electron chi connectivity index (χ3n) is 4.40. The Balaban J connectivity index is 1.74. The van der Waals surface area contributed by atoms with E-state index in [1.165, 1.54) is 6.42 Å². The number of nitrogens with two attached hydrogens (primary N) is 1. The molecule has 0 aliphatic carbocycles. The molecule has 0 spiro atoms. The third-order valence-corrected chi connectivity index (χ3v) is 4.40. The molecular formula is C17H25N7O. The molecule has 1 amide bonds. The van der Waals surface area contributed by atoms with Crippen LogP contribution in [0.3, 0.4) is 0 Å². The number of aryl methyl sites for hydroxylation is 1. The SMILES string of the molecule is CCn1cc(-c2cc(N[C@@H](C)C(=O)N3CCCCC3)nc(N)n2)cn1. The molecule has 1 atom stereocenters. The van der Waals surface area contributed by atoms with E-state index >= 15 is 0 Å². The van der Waals surface area contributed by atoms with E-state index in [2.05, 4.69) is 20.4 Å². The highest BCUT2D eigenvalue weighted by Gasteiger charge is 2.22. The molecule has 1 aliphatic rings. The van der Waals surface area contributed by atoms with Gasteiger partial charge in [-0.25, -0.2) is 4.98 Å². The number of aromatic nitrogens is 4. The van der Waals surface area contributed by atoms with Crippen LogP contribution in [0.2, 0.25) is 0 Å². The fourth-order valence-electron chi connectivity index (χ4n) is 3.03. The number of hydrogen-bond donors (Lipinski definition) is 2. The quantitative estimate of drug-likeness (QED) is 0.857. The summed E-state index contributed by atoms with van der Waals surface area (Å²) < 4.78 is 1.82. The van der Waals surface area contributed by atoms with Crippen LogP contribution in [-0.4, -0.2) is 49.7 Å². The first-order valence-electron chi connectivity index (χ1n) is 8.79. The van der Waals surface area contributed by atoms with Crippen molar-refractivity contribution in [3.05, 3.63) is 18.5 Å². The Hall–Kier alpha value is -2.64. The lowest BCUT2D eigenvalue weighted by molar-refractivity contribution is -0.132. The van der Waals surface area contributed by atoms with Crippen LogP contribution in [0.25, 0.3) is 11.3 Å². The Labute approximate surface area is 147 Å². The van der Waals surface area contributed by atoms with Crippen LogP contribution in [0, 0.1) is 0 Å². The second-order valence-electron chi connectivity index (χ2n) is 6.33. The maximum atomic E-state index is 12.6. The number of anilines is 2. The summed E-state index contributed by atoms with van der Waals surface area (Å²) in [5.74, 6) is 0.809. The van der Waals surface area contributed by atoms with Crippen molar-refractivity contribution in [1.82, 2.24) is 24.6 Å². The molecule has 2 aromatic rings.